The molecule has 2 fully saturated rings. The molecule has 0 aromatic carbocycles. The molecule has 0 radical (unpaired) electrons. The van der Waals surface area contributed by atoms with Crippen molar-refractivity contribution in [1.82, 2.24) is 15.5 Å². The van der Waals surface area contributed by atoms with Gasteiger partial charge in [-0.3, -0.25) is 0 Å². The lowest BCUT2D eigenvalue weighted by molar-refractivity contribution is 0.317. The van der Waals surface area contributed by atoms with Gasteiger partial charge in [0, 0.05) is 12.5 Å². The van der Waals surface area contributed by atoms with Crippen LogP contribution in [0.4, 0.5) is 0 Å². The smallest absolute Gasteiger partial charge is 0.231 e. The monoisotopic (exact) mass is 263 g/mol. The van der Waals surface area contributed by atoms with E-state index in [2.05, 4.69) is 10.5 Å². The van der Waals surface area contributed by atoms with Crippen LogP contribution in [0.5, 0.6) is 0 Å². The van der Waals surface area contributed by atoms with Gasteiger partial charge in [0.15, 0.2) is 5.82 Å². The molecule has 3 rings (SSSR count). The Morgan fingerprint density at radius 2 is 1.63 bits per heavy atom. The van der Waals surface area contributed by atoms with Gasteiger partial charge < -0.3 is 9.84 Å². The minimum atomic E-state index is 0.434. The van der Waals surface area contributed by atoms with Gasteiger partial charge in [0.2, 0.25) is 5.89 Å². The van der Waals surface area contributed by atoms with Crippen LogP contribution in [0.25, 0.3) is 0 Å². The number of rotatable bonds is 2. The zero-order valence-electron chi connectivity index (χ0n) is 11.7. The standard InChI is InChI=1S/C15H25N3O/c1-2-4-7-12(8-5-3-1)14-17-15(19-18-14)13-9-6-10-16-11-13/h12-13,16H,1-11H2/t13-/m1/s1. The summed E-state index contributed by atoms with van der Waals surface area (Å²) in [5, 5.41) is 7.69. The van der Waals surface area contributed by atoms with Crippen molar-refractivity contribution in [2.45, 2.75) is 69.6 Å². The minimum Gasteiger partial charge on any atom is -0.339 e. The highest BCUT2D eigenvalue weighted by Crippen LogP contribution is 2.30. The van der Waals surface area contributed by atoms with E-state index in [1.54, 1.807) is 0 Å². The fourth-order valence-electron chi connectivity index (χ4n) is 3.36. The second-order valence-corrected chi connectivity index (χ2v) is 6.08. The third-order valence-electron chi connectivity index (χ3n) is 4.57. The Kier molecular flexibility index (Phi) is 4.49. The molecule has 2 heterocycles. The Morgan fingerprint density at radius 1 is 0.895 bits per heavy atom. The van der Waals surface area contributed by atoms with Crippen LogP contribution in [0.2, 0.25) is 0 Å². The summed E-state index contributed by atoms with van der Waals surface area (Å²) in [4.78, 5) is 4.71. The lowest BCUT2D eigenvalue weighted by Gasteiger charge is -2.19. The molecule has 4 heteroatoms. The minimum absolute atomic E-state index is 0.434. The third-order valence-corrected chi connectivity index (χ3v) is 4.57. The first-order valence-corrected chi connectivity index (χ1v) is 7.97. The molecule has 1 aliphatic heterocycles. The van der Waals surface area contributed by atoms with Crippen LogP contribution in [0.3, 0.4) is 0 Å². The first kappa shape index (κ1) is 13.1. The Labute approximate surface area is 115 Å². The van der Waals surface area contributed by atoms with Gasteiger partial charge in [0.05, 0.1) is 5.92 Å². The summed E-state index contributed by atoms with van der Waals surface area (Å²) in [5.74, 6) is 2.81. The van der Waals surface area contributed by atoms with Crippen molar-refractivity contribution in [2.75, 3.05) is 13.1 Å². The van der Waals surface area contributed by atoms with Crippen molar-refractivity contribution >= 4 is 0 Å². The topological polar surface area (TPSA) is 51.0 Å². The van der Waals surface area contributed by atoms with Gasteiger partial charge in [-0.2, -0.15) is 4.98 Å². The number of aromatic nitrogens is 2. The van der Waals surface area contributed by atoms with E-state index in [1.165, 1.54) is 57.8 Å². The third kappa shape index (κ3) is 3.35. The Morgan fingerprint density at radius 3 is 2.37 bits per heavy atom. The quantitative estimate of drug-likeness (QED) is 0.889. The van der Waals surface area contributed by atoms with Crippen LogP contribution < -0.4 is 5.32 Å². The number of nitrogens with one attached hydrogen (secondary N) is 1. The second kappa shape index (κ2) is 6.51. The van der Waals surface area contributed by atoms with Crippen molar-refractivity contribution in [1.29, 1.82) is 0 Å². The number of hydrogen-bond donors (Lipinski definition) is 1. The average molecular weight is 263 g/mol. The summed E-state index contributed by atoms with van der Waals surface area (Å²) < 4.78 is 5.53. The largest absolute Gasteiger partial charge is 0.339 e. The van der Waals surface area contributed by atoms with E-state index in [4.69, 9.17) is 9.51 Å². The molecule has 1 atom stereocenters. The van der Waals surface area contributed by atoms with Crippen LogP contribution in [-0.4, -0.2) is 23.2 Å². The Hall–Kier alpha value is -0.900. The zero-order chi connectivity index (χ0) is 12.9. The highest BCUT2D eigenvalue weighted by molar-refractivity contribution is 5.01. The Balaban J connectivity index is 1.65. The predicted octanol–water partition coefficient (Wildman–Crippen LogP) is 3.36. The maximum atomic E-state index is 5.53. The van der Waals surface area contributed by atoms with Crippen molar-refractivity contribution in [3.63, 3.8) is 0 Å². The normalized spacial score (nSPS) is 26.8. The van der Waals surface area contributed by atoms with E-state index >= 15 is 0 Å². The summed E-state index contributed by atoms with van der Waals surface area (Å²) in [5.41, 5.74) is 0. The van der Waals surface area contributed by atoms with Gasteiger partial charge in [-0.25, -0.2) is 0 Å². The first-order chi connectivity index (χ1) is 9.43. The summed E-state index contributed by atoms with van der Waals surface area (Å²) >= 11 is 0. The van der Waals surface area contributed by atoms with Crippen molar-refractivity contribution in [3.05, 3.63) is 11.7 Å². The maximum Gasteiger partial charge on any atom is 0.231 e. The van der Waals surface area contributed by atoms with E-state index in [1.807, 2.05) is 0 Å². The molecule has 4 nitrogen and oxygen atoms in total. The van der Waals surface area contributed by atoms with Crippen LogP contribution >= 0.6 is 0 Å². The molecule has 0 spiro atoms. The molecule has 1 saturated heterocycles. The van der Waals surface area contributed by atoms with Gasteiger partial charge in [-0.1, -0.05) is 37.3 Å². The Bertz CT molecular complexity index is 376. The molecule has 1 aliphatic carbocycles. The summed E-state index contributed by atoms with van der Waals surface area (Å²) in [6.07, 6.45) is 11.6. The van der Waals surface area contributed by atoms with Crippen molar-refractivity contribution in [2.24, 2.45) is 0 Å². The predicted molar refractivity (Wildman–Crippen MR) is 74.2 cm³/mol. The fraction of sp³-hybridized carbons (Fsp3) is 0.867. The van der Waals surface area contributed by atoms with E-state index in [-0.39, 0.29) is 0 Å². The summed E-state index contributed by atoms with van der Waals surface area (Å²) in [7, 11) is 0. The van der Waals surface area contributed by atoms with Crippen LogP contribution in [0.1, 0.15) is 81.3 Å². The number of piperidine rings is 1. The van der Waals surface area contributed by atoms with E-state index < -0.39 is 0 Å². The molecule has 0 amide bonds. The van der Waals surface area contributed by atoms with E-state index in [0.717, 1.165) is 24.8 Å². The van der Waals surface area contributed by atoms with Gasteiger partial charge in [0.1, 0.15) is 0 Å². The molecule has 1 aromatic rings. The molecule has 19 heavy (non-hydrogen) atoms. The molecular formula is C15H25N3O. The van der Waals surface area contributed by atoms with Crippen LogP contribution in [0.15, 0.2) is 4.52 Å². The van der Waals surface area contributed by atoms with Crippen molar-refractivity contribution in [3.8, 4) is 0 Å². The molecule has 1 saturated carbocycles. The lowest BCUT2D eigenvalue weighted by Crippen LogP contribution is -2.28. The highest BCUT2D eigenvalue weighted by Gasteiger charge is 2.24. The fourth-order valence-corrected chi connectivity index (χ4v) is 3.36. The molecular weight excluding hydrogens is 238 g/mol. The number of hydrogen-bond acceptors (Lipinski definition) is 4. The SMILES string of the molecule is C1CCCC(c2noc([C@@H]3CCCNC3)n2)CCC1. The zero-order valence-corrected chi connectivity index (χ0v) is 11.7. The van der Waals surface area contributed by atoms with Gasteiger partial charge in [-0.15, -0.1) is 0 Å². The molecule has 1 aromatic heterocycles. The summed E-state index contributed by atoms with van der Waals surface area (Å²) in [6.45, 7) is 2.12. The highest BCUT2D eigenvalue weighted by atomic mass is 16.5. The first-order valence-electron chi connectivity index (χ1n) is 7.97. The lowest BCUT2D eigenvalue weighted by atomic mass is 9.90. The molecule has 0 bridgehead atoms. The number of nitrogens with zero attached hydrogens (tertiary/aromatic N) is 2. The average Bonchev–Trinajstić information content (AvgIpc) is 2.89. The van der Waals surface area contributed by atoms with Gasteiger partial charge in [-0.05, 0) is 32.2 Å². The van der Waals surface area contributed by atoms with Crippen LogP contribution in [-0.2, 0) is 0 Å². The van der Waals surface area contributed by atoms with Gasteiger partial charge >= 0.3 is 0 Å². The molecule has 2 aliphatic rings. The van der Waals surface area contributed by atoms with E-state index in [9.17, 15) is 0 Å². The van der Waals surface area contributed by atoms with Crippen molar-refractivity contribution < 1.29 is 4.52 Å². The second-order valence-electron chi connectivity index (χ2n) is 6.08. The van der Waals surface area contributed by atoms with Gasteiger partial charge in [0.25, 0.3) is 0 Å². The summed E-state index contributed by atoms with van der Waals surface area (Å²) in [6, 6.07) is 0. The van der Waals surface area contributed by atoms with E-state index in [0.29, 0.717) is 11.8 Å². The molecule has 0 unspecified atom stereocenters. The maximum absolute atomic E-state index is 5.53. The molecule has 1 N–H and O–H groups in total. The molecule has 106 valence electrons. The van der Waals surface area contributed by atoms with Crippen LogP contribution in [0, 0.1) is 0 Å².